The minimum absolute atomic E-state index is 0.0715. The molecule has 0 amide bonds. The SMILES string of the molecule is CCCCCCCCCCCCCCCNC[C@@H]1O[C@@H](O[C@@H]2[C@@H](O)[C@H](O[C@H]3O[C@H](CN)[C@@H](O)C[C@H]3N)[C@@H](N)C[C@H]2N)[C@@H](O)[C@H](N)[C@H]1O. The number of ether oxygens (including phenoxy) is 4. The smallest absolute Gasteiger partial charge is 0.186 e. The van der Waals surface area contributed by atoms with E-state index in [1.807, 2.05) is 0 Å². The number of nitrogens with one attached hydrogen (secondary N) is 1. The lowest BCUT2D eigenvalue weighted by molar-refractivity contribution is -0.311. The van der Waals surface area contributed by atoms with Crippen LogP contribution in [-0.4, -0.2) is 126 Å². The summed E-state index contributed by atoms with van der Waals surface area (Å²) in [5, 5.41) is 46.3. The number of hydrogen-bond donors (Lipinski definition) is 10. The maximum absolute atomic E-state index is 11.3. The first-order valence-corrected chi connectivity index (χ1v) is 18.4. The van der Waals surface area contributed by atoms with E-state index in [0.717, 1.165) is 19.4 Å². The van der Waals surface area contributed by atoms with Crippen molar-refractivity contribution in [2.24, 2.45) is 28.7 Å². The molecule has 0 aromatic carbocycles. The summed E-state index contributed by atoms with van der Waals surface area (Å²) in [7, 11) is 0. The lowest BCUT2D eigenvalue weighted by Gasteiger charge is -2.48. The van der Waals surface area contributed by atoms with Gasteiger partial charge in [0.25, 0.3) is 0 Å². The topological polar surface area (TPSA) is 260 Å². The fraction of sp³-hybridized carbons (Fsp3) is 1.00. The van der Waals surface area contributed by atoms with E-state index in [2.05, 4.69) is 12.2 Å². The van der Waals surface area contributed by atoms with Crippen molar-refractivity contribution in [3.8, 4) is 0 Å². The van der Waals surface area contributed by atoms with Gasteiger partial charge >= 0.3 is 0 Å². The number of rotatable bonds is 21. The van der Waals surface area contributed by atoms with Crippen molar-refractivity contribution in [1.29, 1.82) is 0 Å². The molecule has 2 aliphatic heterocycles. The van der Waals surface area contributed by atoms with Crippen LogP contribution in [-0.2, 0) is 18.9 Å². The maximum atomic E-state index is 11.3. The molecule has 1 saturated carbocycles. The normalized spacial score (nSPS) is 39.7. The van der Waals surface area contributed by atoms with E-state index in [-0.39, 0.29) is 19.4 Å². The van der Waals surface area contributed by atoms with Crippen LogP contribution < -0.4 is 34.0 Å². The van der Waals surface area contributed by atoms with Gasteiger partial charge in [-0.25, -0.2) is 0 Å². The monoisotopic (exact) mass is 677 g/mol. The second kappa shape index (κ2) is 21.6. The van der Waals surface area contributed by atoms with Crippen LogP contribution in [0, 0.1) is 0 Å². The Balaban J connectivity index is 1.40. The summed E-state index contributed by atoms with van der Waals surface area (Å²) in [5.41, 5.74) is 30.7. The van der Waals surface area contributed by atoms with Gasteiger partial charge in [0, 0.05) is 25.2 Å². The number of aliphatic hydroxyl groups is 4. The molecule has 2 saturated heterocycles. The molecule has 0 aromatic rings. The van der Waals surface area contributed by atoms with Gasteiger partial charge in [0.15, 0.2) is 12.6 Å². The summed E-state index contributed by atoms with van der Waals surface area (Å²) in [6.07, 6.45) is 6.94. The average molecular weight is 677 g/mol. The van der Waals surface area contributed by atoms with E-state index < -0.39 is 85.6 Å². The molecule has 0 aromatic heterocycles. The Morgan fingerprint density at radius 3 is 1.68 bits per heavy atom. The summed E-state index contributed by atoms with van der Waals surface area (Å²) in [6.45, 7) is 3.41. The Morgan fingerprint density at radius 1 is 0.617 bits per heavy atom. The minimum atomic E-state index is -1.36. The molecule has 0 radical (unpaired) electrons. The first-order valence-electron chi connectivity index (χ1n) is 18.4. The zero-order valence-electron chi connectivity index (χ0n) is 28.6. The number of nitrogens with two attached hydrogens (primary N) is 5. The summed E-state index contributed by atoms with van der Waals surface area (Å²) >= 11 is 0. The van der Waals surface area contributed by atoms with E-state index in [0.29, 0.717) is 6.54 Å². The van der Waals surface area contributed by atoms with E-state index in [1.165, 1.54) is 70.6 Å². The summed E-state index contributed by atoms with van der Waals surface area (Å²) in [6, 6.07) is -3.07. The maximum Gasteiger partial charge on any atom is 0.186 e. The molecule has 278 valence electrons. The predicted octanol–water partition coefficient (Wildman–Crippen LogP) is -0.607. The molecule has 1 aliphatic carbocycles. The highest BCUT2D eigenvalue weighted by Crippen LogP contribution is 2.31. The van der Waals surface area contributed by atoms with Crippen molar-refractivity contribution in [3.63, 3.8) is 0 Å². The quantitative estimate of drug-likeness (QED) is 0.0681. The molecule has 14 atom stereocenters. The number of hydrogen-bond acceptors (Lipinski definition) is 14. The fourth-order valence-corrected chi connectivity index (χ4v) is 6.96. The average Bonchev–Trinajstić information content (AvgIpc) is 3.04. The molecule has 47 heavy (non-hydrogen) atoms. The molecule has 0 unspecified atom stereocenters. The Labute approximate surface area is 281 Å². The molecule has 0 bridgehead atoms. The van der Waals surface area contributed by atoms with E-state index in [4.69, 9.17) is 47.6 Å². The van der Waals surface area contributed by atoms with Crippen molar-refractivity contribution in [1.82, 2.24) is 5.32 Å². The van der Waals surface area contributed by atoms with Gasteiger partial charge in [-0.1, -0.05) is 84.0 Å². The van der Waals surface area contributed by atoms with Gasteiger partial charge in [-0.15, -0.1) is 0 Å². The largest absolute Gasteiger partial charge is 0.390 e. The molecule has 2 heterocycles. The van der Waals surface area contributed by atoms with E-state index in [9.17, 15) is 20.4 Å². The van der Waals surface area contributed by atoms with Gasteiger partial charge < -0.3 is 73.4 Å². The fourth-order valence-electron chi connectivity index (χ4n) is 6.96. The Kier molecular flexibility index (Phi) is 18.8. The molecule has 0 spiro atoms. The van der Waals surface area contributed by atoms with Crippen molar-refractivity contribution in [3.05, 3.63) is 0 Å². The highest BCUT2D eigenvalue weighted by Gasteiger charge is 2.50. The molecule has 14 heteroatoms. The lowest BCUT2D eigenvalue weighted by atomic mass is 9.84. The highest BCUT2D eigenvalue weighted by atomic mass is 16.7. The molecule has 14 nitrogen and oxygen atoms in total. The Morgan fingerprint density at radius 2 is 1.13 bits per heavy atom. The van der Waals surface area contributed by atoms with Crippen LogP contribution in [0.25, 0.3) is 0 Å². The van der Waals surface area contributed by atoms with E-state index >= 15 is 0 Å². The zero-order valence-corrected chi connectivity index (χ0v) is 28.6. The molecule has 3 fully saturated rings. The van der Waals surface area contributed by atoms with Gasteiger partial charge in [-0.2, -0.15) is 0 Å². The molecular formula is C33H68N6O8. The first-order chi connectivity index (χ1) is 22.6. The van der Waals surface area contributed by atoms with Crippen molar-refractivity contribution in [2.75, 3.05) is 19.6 Å². The summed E-state index contributed by atoms with van der Waals surface area (Å²) in [4.78, 5) is 0. The number of aliphatic hydroxyl groups excluding tert-OH is 4. The Hall–Kier alpha value is -0.560. The first kappa shape index (κ1) is 40.9. The third-order valence-corrected chi connectivity index (χ3v) is 10.0. The third kappa shape index (κ3) is 12.6. The standard InChI is InChI=1S/C33H68N6O8/c1-2-3-4-5-6-7-8-9-10-11-12-13-14-15-39-19-25-27(41)26(38)28(42)33(45-25)47-31-21(36)16-20(35)30(29(31)43)46-32-22(37)17-23(40)24(18-34)44-32/h20-33,39-43H,2-19,34-38H2,1H3/t20-,21+,22+,23-,24+,25-,26+,27-,28-,29-,30+,31-,32+,33-/m0/s1. The molecule has 3 rings (SSSR count). The van der Waals surface area contributed by atoms with Crippen LogP contribution in [0.4, 0.5) is 0 Å². The van der Waals surface area contributed by atoms with Gasteiger partial charge in [0.1, 0.15) is 30.5 Å². The van der Waals surface area contributed by atoms with Gasteiger partial charge in [0.2, 0.25) is 0 Å². The van der Waals surface area contributed by atoms with Crippen molar-refractivity contribution in [2.45, 2.75) is 189 Å². The van der Waals surface area contributed by atoms with Crippen molar-refractivity contribution >= 4 is 0 Å². The third-order valence-electron chi connectivity index (χ3n) is 10.0. The Bertz CT molecular complexity index is 838. The second-order valence-corrected chi connectivity index (χ2v) is 14.0. The zero-order chi connectivity index (χ0) is 34.3. The van der Waals surface area contributed by atoms with Gasteiger partial charge in [-0.3, -0.25) is 0 Å². The summed E-state index contributed by atoms with van der Waals surface area (Å²) in [5.74, 6) is 0. The minimum Gasteiger partial charge on any atom is -0.390 e. The van der Waals surface area contributed by atoms with E-state index in [1.54, 1.807) is 0 Å². The molecule has 3 aliphatic rings. The van der Waals surface area contributed by atoms with Crippen LogP contribution >= 0.6 is 0 Å². The van der Waals surface area contributed by atoms with Crippen LogP contribution in [0.5, 0.6) is 0 Å². The second-order valence-electron chi connectivity index (χ2n) is 14.0. The molecular weight excluding hydrogens is 608 g/mol. The summed E-state index contributed by atoms with van der Waals surface area (Å²) < 4.78 is 23.8. The molecule has 15 N–H and O–H groups in total. The van der Waals surface area contributed by atoms with Crippen LogP contribution in [0.15, 0.2) is 0 Å². The number of unbranched alkanes of at least 4 members (excludes halogenated alkanes) is 12. The van der Waals surface area contributed by atoms with Crippen LogP contribution in [0.3, 0.4) is 0 Å². The van der Waals surface area contributed by atoms with Gasteiger partial charge in [0.05, 0.1) is 30.4 Å². The van der Waals surface area contributed by atoms with Crippen LogP contribution in [0.2, 0.25) is 0 Å². The van der Waals surface area contributed by atoms with Crippen molar-refractivity contribution < 1.29 is 39.4 Å². The highest BCUT2D eigenvalue weighted by molar-refractivity contribution is 5.01. The van der Waals surface area contributed by atoms with Gasteiger partial charge in [-0.05, 0) is 25.8 Å². The lowest BCUT2D eigenvalue weighted by Crippen LogP contribution is -2.68. The predicted molar refractivity (Wildman–Crippen MR) is 180 cm³/mol. The van der Waals surface area contributed by atoms with Crippen LogP contribution in [0.1, 0.15) is 103 Å².